The number of aromatic nitrogens is 1. The summed E-state index contributed by atoms with van der Waals surface area (Å²) in [7, 11) is 2.18. The van der Waals surface area contributed by atoms with Crippen LogP contribution in [0, 0.1) is 6.92 Å². The minimum absolute atomic E-state index is 0.742. The van der Waals surface area contributed by atoms with E-state index in [1.165, 1.54) is 59.7 Å². The summed E-state index contributed by atoms with van der Waals surface area (Å²) in [6.07, 6.45) is 9.22. The van der Waals surface area contributed by atoms with E-state index in [-0.39, 0.29) is 0 Å². The fourth-order valence-electron chi connectivity index (χ4n) is 4.29. The van der Waals surface area contributed by atoms with Gasteiger partial charge >= 0.3 is 0 Å². The molecule has 0 aliphatic heterocycles. The van der Waals surface area contributed by atoms with Gasteiger partial charge in [-0.1, -0.05) is 55.7 Å². The number of pyridine rings is 1. The third-order valence-corrected chi connectivity index (χ3v) is 5.63. The fraction of sp³-hybridized carbons (Fsp3) is 0.348. The van der Waals surface area contributed by atoms with Gasteiger partial charge in [-0.3, -0.25) is 0 Å². The Balaban J connectivity index is 1.86. The van der Waals surface area contributed by atoms with Crippen molar-refractivity contribution < 1.29 is 4.57 Å². The van der Waals surface area contributed by atoms with Crippen LogP contribution in [-0.2, 0) is 7.05 Å². The summed E-state index contributed by atoms with van der Waals surface area (Å²) in [5.41, 5.74) is 5.50. The first-order valence-corrected chi connectivity index (χ1v) is 9.22. The summed E-state index contributed by atoms with van der Waals surface area (Å²) >= 11 is 0. The van der Waals surface area contributed by atoms with E-state index >= 15 is 0 Å². The summed E-state index contributed by atoms with van der Waals surface area (Å²) < 4.78 is 2.30. The first-order valence-electron chi connectivity index (χ1n) is 9.22. The zero-order chi connectivity index (χ0) is 16.5. The molecule has 0 bridgehead atoms. The monoisotopic (exact) mass is 316 g/mol. The van der Waals surface area contributed by atoms with Crippen LogP contribution in [0.15, 0.2) is 54.7 Å². The van der Waals surface area contributed by atoms with Crippen molar-refractivity contribution in [3.63, 3.8) is 0 Å². The molecule has 1 aliphatic carbocycles. The molecular formula is C23H26N+. The van der Waals surface area contributed by atoms with Crippen LogP contribution < -0.4 is 4.57 Å². The van der Waals surface area contributed by atoms with E-state index in [4.69, 9.17) is 0 Å². The Morgan fingerprint density at radius 3 is 2.50 bits per heavy atom. The maximum Gasteiger partial charge on any atom is 0.213 e. The number of hydrogen-bond donors (Lipinski definition) is 0. The minimum Gasteiger partial charge on any atom is -0.200 e. The number of benzene rings is 2. The van der Waals surface area contributed by atoms with E-state index in [1.54, 1.807) is 5.56 Å². The van der Waals surface area contributed by atoms with Crippen LogP contribution >= 0.6 is 0 Å². The van der Waals surface area contributed by atoms with Gasteiger partial charge in [-0.2, -0.15) is 0 Å². The van der Waals surface area contributed by atoms with Gasteiger partial charge in [0.05, 0.1) is 0 Å². The summed E-state index contributed by atoms with van der Waals surface area (Å²) in [5.74, 6) is 0.742. The smallest absolute Gasteiger partial charge is 0.200 e. The van der Waals surface area contributed by atoms with Crippen molar-refractivity contribution in [2.45, 2.75) is 44.9 Å². The van der Waals surface area contributed by atoms with Gasteiger partial charge in [0, 0.05) is 17.0 Å². The summed E-state index contributed by atoms with van der Waals surface area (Å²) in [6, 6.07) is 17.9. The zero-order valence-electron chi connectivity index (χ0n) is 14.8. The van der Waals surface area contributed by atoms with Crippen molar-refractivity contribution in [1.29, 1.82) is 0 Å². The van der Waals surface area contributed by atoms with E-state index in [9.17, 15) is 0 Å². The summed E-state index contributed by atoms with van der Waals surface area (Å²) in [6.45, 7) is 2.19. The molecule has 1 heterocycles. The Morgan fingerprint density at radius 2 is 1.71 bits per heavy atom. The number of aryl methyl sites for hydroxylation is 2. The zero-order valence-corrected chi connectivity index (χ0v) is 14.8. The molecule has 24 heavy (non-hydrogen) atoms. The second-order valence-corrected chi connectivity index (χ2v) is 7.27. The molecule has 1 saturated carbocycles. The molecule has 0 saturated heterocycles. The highest BCUT2D eigenvalue weighted by atomic mass is 14.9. The molecule has 0 radical (unpaired) electrons. The van der Waals surface area contributed by atoms with Crippen molar-refractivity contribution >= 4 is 10.8 Å². The van der Waals surface area contributed by atoms with Crippen LogP contribution in [0.5, 0.6) is 0 Å². The maximum atomic E-state index is 2.37. The highest BCUT2D eigenvalue weighted by Crippen LogP contribution is 2.36. The average Bonchev–Trinajstić information content (AvgIpc) is 2.62. The molecule has 0 spiro atoms. The minimum atomic E-state index is 0.742. The van der Waals surface area contributed by atoms with Crippen LogP contribution in [-0.4, -0.2) is 0 Å². The molecule has 0 atom stereocenters. The molecule has 0 amide bonds. The first-order chi connectivity index (χ1) is 11.7. The molecule has 3 aromatic rings. The molecule has 2 aromatic carbocycles. The van der Waals surface area contributed by atoms with Gasteiger partial charge in [-0.05, 0) is 48.3 Å². The molecule has 1 aliphatic rings. The Kier molecular flexibility index (Phi) is 4.10. The third kappa shape index (κ3) is 2.73. The van der Waals surface area contributed by atoms with Gasteiger partial charge in [-0.25, -0.2) is 4.57 Å². The number of hydrogen-bond acceptors (Lipinski definition) is 0. The van der Waals surface area contributed by atoms with Crippen molar-refractivity contribution in [3.05, 3.63) is 65.9 Å². The standard InChI is InChI=1S/C23H26N/c1-17-9-6-7-13-20(17)23-15-19-12-8-14-21(22(19)16-24(23)2)18-10-4-3-5-11-18/h6-9,12-16,18H,3-5,10-11H2,1-2H3/q+1. The molecule has 0 N–H and O–H groups in total. The number of rotatable bonds is 2. The lowest BCUT2D eigenvalue weighted by atomic mass is 9.82. The van der Waals surface area contributed by atoms with Gasteiger partial charge in [0.2, 0.25) is 5.69 Å². The Morgan fingerprint density at radius 1 is 0.917 bits per heavy atom. The van der Waals surface area contributed by atoms with E-state index in [1.807, 2.05) is 0 Å². The van der Waals surface area contributed by atoms with Crippen LogP contribution in [0.1, 0.15) is 49.1 Å². The molecule has 1 heteroatoms. The summed E-state index contributed by atoms with van der Waals surface area (Å²) in [4.78, 5) is 0. The van der Waals surface area contributed by atoms with Gasteiger partial charge in [0.25, 0.3) is 0 Å². The van der Waals surface area contributed by atoms with Crippen molar-refractivity contribution in [1.82, 2.24) is 0 Å². The lowest BCUT2D eigenvalue weighted by molar-refractivity contribution is -0.659. The first kappa shape index (κ1) is 15.4. The fourth-order valence-corrected chi connectivity index (χ4v) is 4.29. The molecular weight excluding hydrogens is 290 g/mol. The van der Waals surface area contributed by atoms with Gasteiger partial charge in [-0.15, -0.1) is 0 Å². The average molecular weight is 316 g/mol. The second kappa shape index (κ2) is 6.39. The lowest BCUT2D eigenvalue weighted by Crippen LogP contribution is -2.31. The Hall–Kier alpha value is -2.15. The van der Waals surface area contributed by atoms with Crippen LogP contribution in [0.3, 0.4) is 0 Å². The normalized spacial score (nSPS) is 15.8. The van der Waals surface area contributed by atoms with Crippen molar-refractivity contribution in [3.8, 4) is 11.3 Å². The Bertz CT molecular complexity index is 872. The Labute approximate surface area is 145 Å². The van der Waals surface area contributed by atoms with Crippen LogP contribution in [0.4, 0.5) is 0 Å². The van der Waals surface area contributed by atoms with Crippen LogP contribution in [0.25, 0.3) is 22.0 Å². The van der Waals surface area contributed by atoms with Crippen molar-refractivity contribution in [2.75, 3.05) is 0 Å². The quantitative estimate of drug-likeness (QED) is 0.535. The highest BCUT2D eigenvalue weighted by molar-refractivity contribution is 5.87. The van der Waals surface area contributed by atoms with Crippen molar-refractivity contribution in [2.24, 2.45) is 7.05 Å². The predicted molar refractivity (Wildman–Crippen MR) is 101 cm³/mol. The number of fused-ring (bicyclic) bond motifs is 1. The number of nitrogens with zero attached hydrogens (tertiary/aromatic N) is 1. The summed E-state index contributed by atoms with van der Waals surface area (Å²) in [5, 5.41) is 2.80. The van der Waals surface area contributed by atoms with Gasteiger partial charge in [0.1, 0.15) is 7.05 Å². The molecule has 1 fully saturated rings. The molecule has 4 rings (SSSR count). The third-order valence-electron chi connectivity index (χ3n) is 5.63. The molecule has 1 aromatic heterocycles. The van der Waals surface area contributed by atoms with E-state index in [0.717, 1.165) is 5.92 Å². The largest absolute Gasteiger partial charge is 0.213 e. The topological polar surface area (TPSA) is 3.88 Å². The SMILES string of the molecule is Cc1ccccc1-c1cc2cccc(C3CCCCC3)c2c[n+]1C. The van der Waals surface area contributed by atoms with E-state index in [0.29, 0.717) is 0 Å². The highest BCUT2D eigenvalue weighted by Gasteiger charge is 2.20. The molecule has 1 nitrogen and oxygen atoms in total. The molecule has 122 valence electrons. The van der Waals surface area contributed by atoms with Crippen LogP contribution in [0.2, 0.25) is 0 Å². The lowest BCUT2D eigenvalue weighted by Gasteiger charge is -2.23. The van der Waals surface area contributed by atoms with E-state index < -0.39 is 0 Å². The van der Waals surface area contributed by atoms with E-state index in [2.05, 4.69) is 73.3 Å². The maximum absolute atomic E-state index is 2.37. The van der Waals surface area contributed by atoms with Gasteiger partial charge in [0.15, 0.2) is 6.20 Å². The predicted octanol–water partition coefficient (Wildman–Crippen LogP) is 5.69. The molecule has 0 unspecified atom stereocenters. The second-order valence-electron chi connectivity index (χ2n) is 7.27. The van der Waals surface area contributed by atoms with Gasteiger partial charge < -0.3 is 0 Å².